The average molecular weight is 300 g/mol. The van der Waals surface area contributed by atoms with Gasteiger partial charge in [0.2, 0.25) is 5.91 Å². The Balaban J connectivity index is 2.03. The molecule has 5 nitrogen and oxygen atoms in total. The number of amides is 2. The van der Waals surface area contributed by atoms with Gasteiger partial charge in [0.1, 0.15) is 5.71 Å². The Labute approximate surface area is 120 Å². The molecule has 0 saturated heterocycles. The van der Waals surface area contributed by atoms with Gasteiger partial charge in [-0.25, -0.2) is 5.01 Å². The third kappa shape index (κ3) is 3.33. The molecular weight excluding hydrogens is 286 g/mol. The predicted octanol–water partition coefficient (Wildman–Crippen LogP) is 1.97. The fourth-order valence-electron chi connectivity index (χ4n) is 1.79. The summed E-state index contributed by atoms with van der Waals surface area (Å²) in [4.78, 5) is 26.1. The van der Waals surface area contributed by atoms with Crippen molar-refractivity contribution in [2.24, 2.45) is 5.10 Å². The van der Waals surface area contributed by atoms with Gasteiger partial charge in [0.15, 0.2) is 0 Å². The predicted molar refractivity (Wildman–Crippen MR) is 75.2 cm³/mol. The van der Waals surface area contributed by atoms with Gasteiger partial charge >= 0.3 is 0 Å². The molecule has 0 unspecified atom stereocenters. The first-order valence-electron chi connectivity index (χ1n) is 5.81. The van der Waals surface area contributed by atoms with Crippen LogP contribution >= 0.6 is 22.9 Å². The van der Waals surface area contributed by atoms with Crippen LogP contribution in [-0.4, -0.2) is 41.5 Å². The molecule has 0 bridgehead atoms. The molecule has 0 spiro atoms. The molecule has 1 aromatic heterocycles. The van der Waals surface area contributed by atoms with Gasteiger partial charge in [-0.2, -0.15) is 5.10 Å². The van der Waals surface area contributed by atoms with Crippen molar-refractivity contribution in [2.45, 2.75) is 19.4 Å². The second-order valence-electron chi connectivity index (χ2n) is 4.33. The molecule has 0 fully saturated rings. The van der Waals surface area contributed by atoms with E-state index in [1.54, 1.807) is 19.0 Å². The Morgan fingerprint density at radius 2 is 2.26 bits per heavy atom. The molecular formula is C12H14ClN3O2S. The summed E-state index contributed by atoms with van der Waals surface area (Å²) in [5.41, 5.74) is 0.423. The first kappa shape index (κ1) is 14.0. The number of hydrogen-bond donors (Lipinski definition) is 0. The topological polar surface area (TPSA) is 53.0 Å². The first-order valence-corrected chi connectivity index (χ1v) is 7.00. The molecule has 0 aliphatic carbocycles. The van der Waals surface area contributed by atoms with Gasteiger partial charge in [-0.15, -0.1) is 11.3 Å². The number of halogens is 1. The largest absolute Gasteiger partial charge is 0.335 e. The molecule has 7 heteroatoms. The third-order valence-corrected chi connectivity index (χ3v) is 4.04. The Kier molecular flexibility index (Phi) is 4.21. The Bertz CT molecular complexity index is 541. The SMILES string of the molecule is CN(Cc1ccc(Cl)s1)C(=O)C1=NN(C)C(=O)CC1. The minimum Gasteiger partial charge on any atom is -0.335 e. The summed E-state index contributed by atoms with van der Waals surface area (Å²) in [5.74, 6) is -0.215. The molecule has 1 aliphatic rings. The summed E-state index contributed by atoms with van der Waals surface area (Å²) in [6.45, 7) is 0.493. The second kappa shape index (κ2) is 5.71. The molecule has 2 heterocycles. The van der Waals surface area contributed by atoms with Crippen LogP contribution in [0.3, 0.4) is 0 Å². The van der Waals surface area contributed by atoms with Gasteiger partial charge in [-0.1, -0.05) is 11.6 Å². The van der Waals surface area contributed by atoms with E-state index in [1.165, 1.54) is 16.3 Å². The van der Waals surface area contributed by atoms with E-state index >= 15 is 0 Å². The third-order valence-electron chi connectivity index (χ3n) is 2.82. The van der Waals surface area contributed by atoms with Gasteiger partial charge in [-0.3, -0.25) is 9.59 Å². The minimum absolute atomic E-state index is 0.0655. The van der Waals surface area contributed by atoms with E-state index in [0.29, 0.717) is 29.4 Å². The van der Waals surface area contributed by atoms with Crippen molar-refractivity contribution in [1.82, 2.24) is 9.91 Å². The smallest absolute Gasteiger partial charge is 0.270 e. The molecule has 0 saturated carbocycles. The molecule has 0 atom stereocenters. The highest BCUT2D eigenvalue weighted by Crippen LogP contribution is 2.22. The molecule has 102 valence electrons. The number of carbonyl (C=O) groups is 2. The lowest BCUT2D eigenvalue weighted by molar-refractivity contribution is -0.130. The number of thiophene rings is 1. The highest BCUT2D eigenvalue weighted by atomic mass is 35.5. The average Bonchev–Trinajstić information content (AvgIpc) is 2.77. The van der Waals surface area contributed by atoms with Crippen LogP contribution in [0.25, 0.3) is 0 Å². The Morgan fingerprint density at radius 3 is 2.84 bits per heavy atom. The number of hydrazone groups is 1. The van der Waals surface area contributed by atoms with E-state index in [1.807, 2.05) is 12.1 Å². The summed E-state index contributed by atoms with van der Waals surface area (Å²) in [6, 6.07) is 3.71. The van der Waals surface area contributed by atoms with Crippen molar-refractivity contribution in [2.75, 3.05) is 14.1 Å². The van der Waals surface area contributed by atoms with Crippen molar-refractivity contribution in [3.05, 3.63) is 21.3 Å². The van der Waals surface area contributed by atoms with Gasteiger partial charge < -0.3 is 4.90 Å². The lowest BCUT2D eigenvalue weighted by Gasteiger charge is -2.22. The highest BCUT2D eigenvalue weighted by molar-refractivity contribution is 7.16. The standard InChI is InChI=1S/C12H14ClN3O2S/c1-15(7-8-3-5-10(13)19-8)12(18)9-4-6-11(17)16(2)14-9/h3,5H,4,6-7H2,1-2H3. The normalized spacial score (nSPS) is 15.4. The van der Waals surface area contributed by atoms with Crippen LogP contribution < -0.4 is 0 Å². The summed E-state index contributed by atoms with van der Waals surface area (Å²) in [5, 5.41) is 5.25. The molecule has 1 aliphatic heterocycles. The monoisotopic (exact) mass is 299 g/mol. The van der Waals surface area contributed by atoms with Crippen LogP contribution in [0.2, 0.25) is 4.34 Å². The van der Waals surface area contributed by atoms with Gasteiger partial charge in [0, 0.05) is 31.8 Å². The van der Waals surface area contributed by atoms with Crippen molar-refractivity contribution >= 4 is 40.5 Å². The molecule has 0 N–H and O–H groups in total. The summed E-state index contributed by atoms with van der Waals surface area (Å²) in [7, 11) is 3.28. The van der Waals surface area contributed by atoms with Crippen molar-refractivity contribution < 1.29 is 9.59 Å². The van der Waals surface area contributed by atoms with E-state index in [0.717, 1.165) is 4.88 Å². The molecule has 0 radical (unpaired) electrons. The number of carbonyl (C=O) groups excluding carboxylic acids is 2. The zero-order valence-electron chi connectivity index (χ0n) is 10.7. The molecule has 19 heavy (non-hydrogen) atoms. The maximum Gasteiger partial charge on any atom is 0.270 e. The molecule has 1 aromatic rings. The van der Waals surface area contributed by atoms with Crippen LogP contribution in [-0.2, 0) is 16.1 Å². The van der Waals surface area contributed by atoms with Crippen LogP contribution in [0.15, 0.2) is 17.2 Å². The number of rotatable bonds is 3. The maximum absolute atomic E-state index is 12.2. The lowest BCUT2D eigenvalue weighted by atomic mass is 10.1. The quantitative estimate of drug-likeness (QED) is 0.857. The fourth-order valence-corrected chi connectivity index (χ4v) is 2.93. The first-order chi connectivity index (χ1) is 8.97. The van der Waals surface area contributed by atoms with E-state index in [2.05, 4.69) is 5.10 Å². The minimum atomic E-state index is -0.149. The summed E-state index contributed by atoms with van der Waals surface area (Å²) in [6.07, 6.45) is 0.733. The van der Waals surface area contributed by atoms with Crippen LogP contribution in [0, 0.1) is 0 Å². The fraction of sp³-hybridized carbons (Fsp3) is 0.417. The lowest BCUT2D eigenvalue weighted by Crippen LogP contribution is -2.38. The second-order valence-corrected chi connectivity index (χ2v) is 6.13. The number of hydrogen-bond acceptors (Lipinski definition) is 4. The van der Waals surface area contributed by atoms with E-state index in [9.17, 15) is 9.59 Å². The molecule has 2 amide bonds. The zero-order valence-corrected chi connectivity index (χ0v) is 12.3. The summed E-state index contributed by atoms with van der Waals surface area (Å²) < 4.78 is 0.705. The van der Waals surface area contributed by atoms with Gasteiger partial charge in [0.05, 0.1) is 10.9 Å². The molecule has 2 rings (SSSR count). The van der Waals surface area contributed by atoms with E-state index < -0.39 is 0 Å². The Hall–Kier alpha value is -1.40. The Morgan fingerprint density at radius 1 is 1.53 bits per heavy atom. The highest BCUT2D eigenvalue weighted by Gasteiger charge is 2.24. The van der Waals surface area contributed by atoms with Gasteiger partial charge in [0.25, 0.3) is 5.91 Å². The van der Waals surface area contributed by atoms with Crippen LogP contribution in [0.4, 0.5) is 0 Å². The van der Waals surface area contributed by atoms with Crippen LogP contribution in [0.1, 0.15) is 17.7 Å². The maximum atomic E-state index is 12.2. The van der Waals surface area contributed by atoms with Crippen LogP contribution in [0.5, 0.6) is 0 Å². The van der Waals surface area contributed by atoms with E-state index in [4.69, 9.17) is 11.6 Å². The van der Waals surface area contributed by atoms with Gasteiger partial charge in [-0.05, 0) is 12.1 Å². The van der Waals surface area contributed by atoms with Crippen molar-refractivity contribution in [3.8, 4) is 0 Å². The zero-order chi connectivity index (χ0) is 14.0. The van der Waals surface area contributed by atoms with Crippen molar-refractivity contribution in [3.63, 3.8) is 0 Å². The summed E-state index contributed by atoms with van der Waals surface area (Å²) >= 11 is 7.30. The molecule has 0 aromatic carbocycles. The van der Waals surface area contributed by atoms with Crippen molar-refractivity contribution in [1.29, 1.82) is 0 Å². The number of nitrogens with zero attached hydrogens (tertiary/aromatic N) is 3. The van der Waals surface area contributed by atoms with E-state index in [-0.39, 0.29) is 11.8 Å².